The van der Waals surface area contributed by atoms with Gasteiger partial charge in [-0.3, -0.25) is 9.69 Å². The average molecular weight is 379 g/mol. The fraction of sp³-hybridized carbons (Fsp3) is 0.278. The molecular formula is C18H16ClFN2O2S. The molecule has 0 unspecified atom stereocenters. The third-order valence-electron chi connectivity index (χ3n) is 4.42. The number of hydrogen-bond acceptors (Lipinski definition) is 4. The molecule has 25 heavy (non-hydrogen) atoms. The molecule has 1 fully saturated rings. The molecule has 4 nitrogen and oxygen atoms in total. The highest BCUT2D eigenvalue weighted by atomic mass is 35.5. The summed E-state index contributed by atoms with van der Waals surface area (Å²) < 4.78 is 20.0. The Hall–Kier alpha value is -1.89. The molecule has 7 heteroatoms. The van der Waals surface area contributed by atoms with Crippen LogP contribution in [-0.4, -0.2) is 41.9 Å². The Balaban J connectivity index is 1.47. The number of benzene rings is 1. The van der Waals surface area contributed by atoms with Crippen molar-refractivity contribution in [1.82, 2.24) is 9.80 Å². The van der Waals surface area contributed by atoms with Gasteiger partial charge in [0, 0.05) is 36.3 Å². The van der Waals surface area contributed by atoms with Crippen molar-refractivity contribution in [2.75, 3.05) is 26.2 Å². The van der Waals surface area contributed by atoms with Gasteiger partial charge in [0.1, 0.15) is 16.5 Å². The predicted molar refractivity (Wildman–Crippen MR) is 96.7 cm³/mol. The number of amides is 1. The summed E-state index contributed by atoms with van der Waals surface area (Å²) in [5.74, 6) is 0.409. The lowest BCUT2D eigenvalue weighted by Crippen LogP contribution is -2.48. The number of carbonyl (C=O) groups excluding carboxylic acids is 1. The number of piperazine rings is 1. The van der Waals surface area contributed by atoms with E-state index < -0.39 is 0 Å². The van der Waals surface area contributed by atoms with E-state index >= 15 is 0 Å². The summed E-state index contributed by atoms with van der Waals surface area (Å²) in [5, 5.41) is 0.565. The smallest absolute Gasteiger partial charge is 0.265 e. The molecule has 1 amide bonds. The van der Waals surface area contributed by atoms with Gasteiger partial charge in [0.05, 0.1) is 17.8 Å². The topological polar surface area (TPSA) is 36.7 Å². The maximum absolute atomic E-state index is 14.0. The predicted octanol–water partition coefficient (Wildman–Crippen LogP) is 4.24. The summed E-state index contributed by atoms with van der Waals surface area (Å²) in [6, 6.07) is 8.60. The molecule has 0 atom stereocenters. The maximum Gasteiger partial charge on any atom is 0.265 e. The van der Waals surface area contributed by atoms with Gasteiger partial charge in [-0.1, -0.05) is 17.7 Å². The summed E-state index contributed by atoms with van der Waals surface area (Å²) in [7, 11) is 0. The van der Waals surface area contributed by atoms with E-state index in [1.807, 2.05) is 12.1 Å². The van der Waals surface area contributed by atoms with Crippen molar-refractivity contribution in [2.45, 2.75) is 6.54 Å². The third-order valence-corrected chi connectivity index (χ3v) is 6.05. The molecule has 2 aromatic heterocycles. The van der Waals surface area contributed by atoms with Crippen molar-refractivity contribution in [2.24, 2.45) is 0 Å². The molecule has 0 N–H and O–H groups in total. The summed E-state index contributed by atoms with van der Waals surface area (Å²) in [5.41, 5.74) is 0. The molecule has 0 bridgehead atoms. The van der Waals surface area contributed by atoms with Gasteiger partial charge in [-0.15, -0.1) is 11.3 Å². The van der Waals surface area contributed by atoms with Crippen LogP contribution in [-0.2, 0) is 6.54 Å². The van der Waals surface area contributed by atoms with Crippen molar-refractivity contribution >= 4 is 38.9 Å². The second kappa shape index (κ2) is 6.78. The van der Waals surface area contributed by atoms with E-state index in [-0.39, 0.29) is 16.7 Å². The second-order valence-electron chi connectivity index (χ2n) is 6.01. The molecule has 3 aromatic rings. The van der Waals surface area contributed by atoms with Crippen molar-refractivity contribution in [3.63, 3.8) is 0 Å². The first-order valence-corrected chi connectivity index (χ1v) is 9.23. The van der Waals surface area contributed by atoms with Gasteiger partial charge < -0.3 is 9.32 Å². The minimum absolute atomic E-state index is 0.122. The monoisotopic (exact) mass is 378 g/mol. The van der Waals surface area contributed by atoms with Crippen LogP contribution in [0, 0.1) is 5.82 Å². The normalized spacial score (nSPS) is 15.8. The van der Waals surface area contributed by atoms with Crippen molar-refractivity contribution in [1.29, 1.82) is 0 Å². The number of rotatable bonds is 3. The Morgan fingerprint density at radius 3 is 2.68 bits per heavy atom. The van der Waals surface area contributed by atoms with Crippen LogP contribution in [0.3, 0.4) is 0 Å². The molecular weight excluding hydrogens is 363 g/mol. The van der Waals surface area contributed by atoms with Crippen LogP contribution in [0.4, 0.5) is 4.39 Å². The number of halogens is 2. The summed E-state index contributed by atoms with van der Waals surface area (Å²) in [6.45, 7) is 3.51. The molecule has 0 aliphatic carbocycles. The van der Waals surface area contributed by atoms with Crippen LogP contribution >= 0.6 is 22.9 Å². The largest absolute Gasteiger partial charge is 0.468 e. The van der Waals surface area contributed by atoms with Gasteiger partial charge in [0.15, 0.2) is 0 Å². The highest BCUT2D eigenvalue weighted by Crippen LogP contribution is 2.37. The van der Waals surface area contributed by atoms with E-state index in [2.05, 4.69) is 4.90 Å². The Morgan fingerprint density at radius 2 is 2.00 bits per heavy atom. The maximum atomic E-state index is 14.0. The summed E-state index contributed by atoms with van der Waals surface area (Å²) in [4.78, 5) is 17.3. The van der Waals surface area contributed by atoms with Gasteiger partial charge in [-0.2, -0.15) is 0 Å². The Labute approximate surface area is 153 Å². The van der Waals surface area contributed by atoms with Gasteiger partial charge >= 0.3 is 0 Å². The SMILES string of the molecule is O=C(c1sc2cccc(F)c2c1Cl)N1CCN(Cc2ccco2)CC1. The molecule has 3 heterocycles. The number of furan rings is 1. The number of nitrogens with zero attached hydrogens (tertiary/aromatic N) is 2. The van der Waals surface area contributed by atoms with Gasteiger partial charge in [0.2, 0.25) is 0 Å². The van der Waals surface area contributed by atoms with E-state index in [0.717, 1.165) is 25.4 Å². The standard InChI is InChI=1S/C18H16ClFN2O2S/c19-16-15-13(20)4-1-5-14(15)25-17(16)18(23)22-8-6-21(7-9-22)11-12-3-2-10-24-12/h1-5,10H,6-9,11H2. The first-order valence-electron chi connectivity index (χ1n) is 8.04. The molecule has 1 aliphatic heterocycles. The Bertz CT molecular complexity index is 901. The van der Waals surface area contributed by atoms with E-state index in [1.165, 1.54) is 17.4 Å². The van der Waals surface area contributed by atoms with Crippen LogP contribution in [0.2, 0.25) is 5.02 Å². The number of fused-ring (bicyclic) bond motifs is 1. The first-order chi connectivity index (χ1) is 12.1. The number of thiophene rings is 1. The van der Waals surface area contributed by atoms with E-state index in [1.54, 1.807) is 23.3 Å². The third kappa shape index (κ3) is 3.17. The van der Waals surface area contributed by atoms with Crippen LogP contribution in [0.15, 0.2) is 41.0 Å². The highest BCUT2D eigenvalue weighted by Gasteiger charge is 2.27. The fourth-order valence-electron chi connectivity index (χ4n) is 3.08. The Kier molecular flexibility index (Phi) is 4.50. The molecule has 1 saturated heterocycles. The van der Waals surface area contributed by atoms with Crippen LogP contribution in [0.5, 0.6) is 0 Å². The Morgan fingerprint density at radius 1 is 1.20 bits per heavy atom. The lowest BCUT2D eigenvalue weighted by atomic mass is 10.2. The molecule has 1 aliphatic rings. The highest BCUT2D eigenvalue weighted by molar-refractivity contribution is 7.21. The lowest BCUT2D eigenvalue weighted by molar-refractivity contribution is 0.0625. The minimum atomic E-state index is -0.388. The molecule has 130 valence electrons. The van der Waals surface area contributed by atoms with Crippen molar-refractivity contribution < 1.29 is 13.6 Å². The lowest BCUT2D eigenvalue weighted by Gasteiger charge is -2.34. The molecule has 4 rings (SSSR count). The zero-order valence-electron chi connectivity index (χ0n) is 13.4. The van der Waals surface area contributed by atoms with Crippen molar-refractivity contribution in [3.05, 3.63) is 58.1 Å². The van der Waals surface area contributed by atoms with Crippen LogP contribution < -0.4 is 0 Å². The quantitative estimate of drug-likeness (QED) is 0.683. The molecule has 0 spiro atoms. The van der Waals surface area contributed by atoms with E-state index in [0.29, 0.717) is 28.1 Å². The average Bonchev–Trinajstić information content (AvgIpc) is 3.24. The second-order valence-corrected chi connectivity index (χ2v) is 7.44. The van der Waals surface area contributed by atoms with Crippen LogP contribution in [0.25, 0.3) is 10.1 Å². The molecule has 1 aromatic carbocycles. The van der Waals surface area contributed by atoms with Gasteiger partial charge in [-0.25, -0.2) is 4.39 Å². The molecule has 0 radical (unpaired) electrons. The molecule has 0 saturated carbocycles. The zero-order valence-corrected chi connectivity index (χ0v) is 14.9. The fourth-order valence-corrected chi connectivity index (χ4v) is 4.60. The minimum Gasteiger partial charge on any atom is -0.468 e. The number of hydrogen-bond donors (Lipinski definition) is 0. The van der Waals surface area contributed by atoms with Gasteiger partial charge in [0.25, 0.3) is 5.91 Å². The van der Waals surface area contributed by atoms with Gasteiger partial charge in [-0.05, 0) is 24.3 Å². The summed E-state index contributed by atoms with van der Waals surface area (Å²) in [6.07, 6.45) is 1.66. The number of carbonyl (C=O) groups is 1. The van der Waals surface area contributed by atoms with E-state index in [4.69, 9.17) is 16.0 Å². The zero-order chi connectivity index (χ0) is 17.4. The summed E-state index contributed by atoms with van der Waals surface area (Å²) >= 11 is 7.55. The first kappa shape index (κ1) is 16.6. The van der Waals surface area contributed by atoms with E-state index in [9.17, 15) is 9.18 Å². The van der Waals surface area contributed by atoms with Crippen LogP contribution in [0.1, 0.15) is 15.4 Å². The van der Waals surface area contributed by atoms with Crippen molar-refractivity contribution in [3.8, 4) is 0 Å².